The van der Waals surface area contributed by atoms with Gasteiger partial charge < -0.3 is 9.64 Å². The van der Waals surface area contributed by atoms with Gasteiger partial charge >= 0.3 is 0 Å². The number of hydrogen-bond donors (Lipinski definition) is 0. The maximum atomic E-state index is 13.7. The van der Waals surface area contributed by atoms with Crippen LogP contribution in [0.4, 0.5) is 8.78 Å². The molecule has 1 aromatic carbocycles. The number of carbonyl (C=O) groups excluding carboxylic acids is 1. The Morgan fingerprint density at radius 1 is 1.42 bits per heavy atom. The summed E-state index contributed by atoms with van der Waals surface area (Å²) < 4.78 is 31.2. The lowest BCUT2D eigenvalue weighted by atomic mass is 10.2. The van der Waals surface area contributed by atoms with Gasteiger partial charge in [-0.05, 0) is 30.2 Å². The van der Waals surface area contributed by atoms with E-state index in [0.29, 0.717) is 18.3 Å². The smallest absolute Gasteiger partial charge is 0.253 e. The minimum absolute atomic E-state index is 0.00288. The lowest BCUT2D eigenvalue weighted by Gasteiger charge is -2.12. The van der Waals surface area contributed by atoms with E-state index in [1.807, 2.05) is 0 Å². The van der Waals surface area contributed by atoms with E-state index in [4.69, 9.17) is 4.74 Å². The van der Waals surface area contributed by atoms with Crippen molar-refractivity contribution in [3.05, 3.63) is 41.5 Å². The summed E-state index contributed by atoms with van der Waals surface area (Å²) in [5, 5.41) is 0. The van der Waals surface area contributed by atoms with Gasteiger partial charge in [0.1, 0.15) is 6.61 Å². The molecule has 0 aromatic heterocycles. The van der Waals surface area contributed by atoms with Crippen molar-refractivity contribution < 1.29 is 18.3 Å². The van der Waals surface area contributed by atoms with Gasteiger partial charge in [0.2, 0.25) is 0 Å². The maximum Gasteiger partial charge on any atom is 0.253 e. The van der Waals surface area contributed by atoms with Crippen molar-refractivity contribution in [2.24, 2.45) is 0 Å². The van der Waals surface area contributed by atoms with Crippen molar-refractivity contribution >= 4 is 5.91 Å². The minimum atomic E-state index is -0.637. The van der Waals surface area contributed by atoms with Crippen LogP contribution in [0.5, 0.6) is 5.75 Å². The van der Waals surface area contributed by atoms with Crippen molar-refractivity contribution in [3.63, 3.8) is 0 Å². The summed E-state index contributed by atoms with van der Waals surface area (Å²) in [4.78, 5) is 13.0. The summed E-state index contributed by atoms with van der Waals surface area (Å²) in [5.74, 6) is -0.923. The molecule has 0 bridgehead atoms. The Balaban J connectivity index is 2.81. The van der Waals surface area contributed by atoms with Gasteiger partial charge in [-0.1, -0.05) is 6.92 Å². The SMILES string of the molecule is CC/C(=C/F)COc1ccc(C(=O)N(C)C)cc1F. The molecule has 3 nitrogen and oxygen atoms in total. The molecule has 0 saturated carbocycles. The first-order valence-corrected chi connectivity index (χ1v) is 5.91. The maximum absolute atomic E-state index is 13.7. The Morgan fingerprint density at radius 3 is 2.58 bits per heavy atom. The van der Waals surface area contributed by atoms with Crippen LogP contribution in [0.15, 0.2) is 30.1 Å². The third-order valence-corrected chi connectivity index (χ3v) is 2.61. The van der Waals surface area contributed by atoms with Crippen LogP contribution in [0.2, 0.25) is 0 Å². The van der Waals surface area contributed by atoms with Crippen LogP contribution < -0.4 is 4.74 Å². The Bertz CT molecular complexity index is 484. The highest BCUT2D eigenvalue weighted by Gasteiger charge is 2.12. The van der Waals surface area contributed by atoms with E-state index in [1.165, 1.54) is 17.0 Å². The molecule has 0 aliphatic carbocycles. The summed E-state index contributed by atoms with van der Waals surface area (Å²) in [6, 6.07) is 3.96. The van der Waals surface area contributed by atoms with E-state index < -0.39 is 5.82 Å². The van der Waals surface area contributed by atoms with E-state index in [-0.39, 0.29) is 23.8 Å². The van der Waals surface area contributed by atoms with Gasteiger partial charge in [-0.25, -0.2) is 8.78 Å². The molecule has 0 fully saturated rings. The van der Waals surface area contributed by atoms with E-state index in [2.05, 4.69) is 0 Å². The highest BCUT2D eigenvalue weighted by molar-refractivity contribution is 5.94. The molecule has 19 heavy (non-hydrogen) atoms. The van der Waals surface area contributed by atoms with Crippen LogP contribution in [0.25, 0.3) is 0 Å². The molecule has 1 aromatic rings. The molecular weight excluding hydrogens is 252 g/mol. The average molecular weight is 269 g/mol. The molecule has 104 valence electrons. The molecule has 0 N–H and O–H groups in total. The van der Waals surface area contributed by atoms with Crippen molar-refractivity contribution in [1.82, 2.24) is 4.90 Å². The zero-order chi connectivity index (χ0) is 14.4. The summed E-state index contributed by atoms with van der Waals surface area (Å²) in [6.07, 6.45) is 0.956. The molecule has 0 radical (unpaired) electrons. The summed E-state index contributed by atoms with van der Waals surface area (Å²) in [5.41, 5.74) is 0.680. The van der Waals surface area contributed by atoms with Gasteiger partial charge in [-0.3, -0.25) is 4.79 Å². The molecule has 5 heteroatoms. The second kappa shape index (κ2) is 6.87. The van der Waals surface area contributed by atoms with E-state index in [0.717, 1.165) is 6.07 Å². The summed E-state index contributed by atoms with van der Waals surface area (Å²) >= 11 is 0. The van der Waals surface area contributed by atoms with Crippen LogP contribution in [0.1, 0.15) is 23.7 Å². The fourth-order valence-electron chi connectivity index (χ4n) is 1.39. The van der Waals surface area contributed by atoms with Crippen LogP contribution in [-0.2, 0) is 0 Å². The lowest BCUT2D eigenvalue weighted by molar-refractivity contribution is 0.0827. The molecular formula is C14H17F2NO2. The lowest BCUT2D eigenvalue weighted by Crippen LogP contribution is -2.21. The molecule has 0 saturated heterocycles. The van der Waals surface area contributed by atoms with Crippen LogP contribution >= 0.6 is 0 Å². The number of ether oxygens (including phenoxy) is 1. The van der Waals surface area contributed by atoms with Gasteiger partial charge in [0, 0.05) is 19.7 Å². The minimum Gasteiger partial charge on any atom is -0.486 e. The van der Waals surface area contributed by atoms with E-state index >= 15 is 0 Å². The molecule has 0 unspecified atom stereocenters. The predicted molar refractivity (Wildman–Crippen MR) is 69.4 cm³/mol. The Morgan fingerprint density at radius 2 is 2.11 bits per heavy atom. The molecule has 0 aliphatic heterocycles. The van der Waals surface area contributed by atoms with Crippen LogP contribution in [0.3, 0.4) is 0 Å². The molecule has 0 atom stereocenters. The van der Waals surface area contributed by atoms with E-state index in [9.17, 15) is 13.6 Å². The highest BCUT2D eigenvalue weighted by Crippen LogP contribution is 2.20. The fraction of sp³-hybridized carbons (Fsp3) is 0.357. The fourth-order valence-corrected chi connectivity index (χ4v) is 1.39. The van der Waals surface area contributed by atoms with E-state index in [1.54, 1.807) is 21.0 Å². The summed E-state index contributed by atoms with van der Waals surface area (Å²) in [7, 11) is 3.18. The number of nitrogens with zero attached hydrogens (tertiary/aromatic N) is 1. The zero-order valence-corrected chi connectivity index (χ0v) is 11.2. The number of rotatable bonds is 5. The van der Waals surface area contributed by atoms with Crippen LogP contribution in [-0.4, -0.2) is 31.5 Å². The van der Waals surface area contributed by atoms with Gasteiger partial charge in [-0.15, -0.1) is 0 Å². The third-order valence-electron chi connectivity index (χ3n) is 2.61. The number of hydrogen-bond acceptors (Lipinski definition) is 2. The number of halogens is 2. The zero-order valence-electron chi connectivity index (χ0n) is 11.2. The standard InChI is InChI=1S/C14H17F2NO2/c1-4-10(8-15)9-19-13-6-5-11(7-12(13)16)14(18)17(2)3/h5-8H,4,9H2,1-3H3/b10-8-. The van der Waals surface area contributed by atoms with Gasteiger partial charge in [0.15, 0.2) is 11.6 Å². The molecule has 1 amide bonds. The topological polar surface area (TPSA) is 29.5 Å². The van der Waals surface area contributed by atoms with Crippen LogP contribution in [0, 0.1) is 5.82 Å². The second-order valence-electron chi connectivity index (χ2n) is 4.25. The predicted octanol–water partition coefficient (Wildman–Crippen LogP) is 3.17. The van der Waals surface area contributed by atoms with Crippen molar-refractivity contribution in [3.8, 4) is 5.75 Å². The Labute approximate surface area is 111 Å². The molecule has 1 rings (SSSR count). The second-order valence-corrected chi connectivity index (χ2v) is 4.25. The molecule has 0 aliphatic rings. The van der Waals surface area contributed by atoms with Gasteiger partial charge in [0.05, 0.1) is 6.33 Å². The number of benzene rings is 1. The largest absolute Gasteiger partial charge is 0.486 e. The number of amides is 1. The first kappa shape index (κ1) is 15.1. The Hall–Kier alpha value is -1.91. The quantitative estimate of drug-likeness (QED) is 0.821. The average Bonchev–Trinajstić information content (AvgIpc) is 2.40. The monoisotopic (exact) mass is 269 g/mol. The summed E-state index contributed by atoms with van der Waals surface area (Å²) in [6.45, 7) is 1.77. The first-order valence-electron chi connectivity index (χ1n) is 5.91. The first-order chi connectivity index (χ1) is 8.99. The normalized spacial score (nSPS) is 11.3. The third kappa shape index (κ3) is 4.05. The van der Waals surface area contributed by atoms with Crippen molar-refractivity contribution in [2.45, 2.75) is 13.3 Å². The molecule has 0 heterocycles. The van der Waals surface area contributed by atoms with Crippen molar-refractivity contribution in [2.75, 3.05) is 20.7 Å². The number of carbonyl (C=O) groups is 1. The highest BCUT2D eigenvalue weighted by atomic mass is 19.1. The van der Waals surface area contributed by atoms with Crippen molar-refractivity contribution in [1.29, 1.82) is 0 Å². The molecule has 0 spiro atoms. The van der Waals surface area contributed by atoms with Gasteiger partial charge in [-0.2, -0.15) is 0 Å². The Kier molecular flexibility index (Phi) is 5.48. The van der Waals surface area contributed by atoms with Gasteiger partial charge in [0.25, 0.3) is 5.91 Å².